The van der Waals surface area contributed by atoms with Crippen molar-refractivity contribution in [3.8, 4) is 5.75 Å². The van der Waals surface area contributed by atoms with E-state index in [0.717, 1.165) is 43.1 Å². The molecule has 1 heterocycles. The second-order valence-electron chi connectivity index (χ2n) is 7.82. The van der Waals surface area contributed by atoms with Crippen LogP contribution in [0.2, 0.25) is 0 Å². The molecular formula is C23H32N2O2. The molecule has 0 unspecified atom stereocenters. The number of rotatable bonds is 6. The third kappa shape index (κ3) is 5.24. The average Bonchev–Trinajstić information content (AvgIpc) is 2.62. The Morgan fingerprint density at radius 2 is 1.48 bits per heavy atom. The summed E-state index contributed by atoms with van der Waals surface area (Å²) in [5, 5.41) is 10.4. The number of nitrogens with zero attached hydrogens (tertiary/aromatic N) is 2. The Kier molecular flexibility index (Phi) is 6.40. The van der Waals surface area contributed by atoms with Crippen LogP contribution < -0.4 is 9.64 Å². The van der Waals surface area contributed by atoms with Crippen molar-refractivity contribution in [1.29, 1.82) is 0 Å². The maximum Gasteiger partial charge on any atom is 0.125 e. The molecule has 0 spiro atoms. The number of benzene rings is 2. The zero-order valence-corrected chi connectivity index (χ0v) is 17.0. The van der Waals surface area contributed by atoms with Gasteiger partial charge in [-0.1, -0.05) is 35.4 Å². The highest BCUT2D eigenvalue weighted by molar-refractivity contribution is 5.48. The van der Waals surface area contributed by atoms with Gasteiger partial charge in [-0.05, 0) is 51.0 Å². The number of piperazine rings is 1. The SMILES string of the molecule is Cc1ccc(N2CCN(C[C@@H](O)COc3c(C)cc(C)cc3C)CC2)cc1. The number of anilines is 1. The van der Waals surface area contributed by atoms with Gasteiger partial charge in [-0.2, -0.15) is 0 Å². The topological polar surface area (TPSA) is 35.9 Å². The summed E-state index contributed by atoms with van der Waals surface area (Å²) in [6, 6.07) is 13.0. The Labute approximate surface area is 163 Å². The molecule has 1 atom stereocenters. The fraction of sp³-hybridized carbons (Fsp3) is 0.478. The highest BCUT2D eigenvalue weighted by Crippen LogP contribution is 2.24. The van der Waals surface area contributed by atoms with Crippen molar-refractivity contribution in [1.82, 2.24) is 4.90 Å². The van der Waals surface area contributed by atoms with Gasteiger partial charge in [0.05, 0.1) is 0 Å². The van der Waals surface area contributed by atoms with Crippen molar-refractivity contribution in [3.05, 3.63) is 58.7 Å². The first-order valence-electron chi connectivity index (χ1n) is 9.85. The molecule has 0 radical (unpaired) electrons. The fourth-order valence-electron chi connectivity index (χ4n) is 3.87. The van der Waals surface area contributed by atoms with Crippen LogP contribution in [0.1, 0.15) is 22.3 Å². The minimum atomic E-state index is -0.476. The maximum absolute atomic E-state index is 10.4. The van der Waals surface area contributed by atoms with Crippen LogP contribution in [-0.4, -0.2) is 55.4 Å². The first-order valence-corrected chi connectivity index (χ1v) is 9.85. The van der Waals surface area contributed by atoms with Gasteiger partial charge in [0.1, 0.15) is 18.5 Å². The molecule has 146 valence electrons. The Morgan fingerprint density at radius 1 is 0.889 bits per heavy atom. The summed E-state index contributed by atoms with van der Waals surface area (Å²) in [4.78, 5) is 4.74. The molecule has 3 rings (SSSR count). The average molecular weight is 369 g/mol. The van der Waals surface area contributed by atoms with Gasteiger partial charge in [0, 0.05) is 38.4 Å². The van der Waals surface area contributed by atoms with Crippen molar-refractivity contribution in [2.75, 3.05) is 44.2 Å². The molecule has 0 saturated carbocycles. The van der Waals surface area contributed by atoms with E-state index in [2.05, 4.69) is 73.9 Å². The number of aliphatic hydroxyl groups excluding tert-OH is 1. The molecule has 2 aromatic carbocycles. The minimum Gasteiger partial charge on any atom is -0.490 e. The summed E-state index contributed by atoms with van der Waals surface area (Å²) in [5.41, 5.74) is 6.08. The van der Waals surface area contributed by atoms with E-state index in [4.69, 9.17) is 4.74 Å². The first-order chi connectivity index (χ1) is 12.9. The van der Waals surface area contributed by atoms with E-state index in [-0.39, 0.29) is 0 Å². The summed E-state index contributed by atoms with van der Waals surface area (Å²) < 4.78 is 5.94. The molecular weight excluding hydrogens is 336 g/mol. The molecule has 0 amide bonds. The number of hydrogen-bond donors (Lipinski definition) is 1. The maximum atomic E-state index is 10.4. The van der Waals surface area contributed by atoms with E-state index in [9.17, 15) is 5.11 Å². The van der Waals surface area contributed by atoms with Crippen molar-refractivity contribution in [2.24, 2.45) is 0 Å². The van der Waals surface area contributed by atoms with Crippen LogP contribution in [-0.2, 0) is 0 Å². The van der Waals surface area contributed by atoms with E-state index in [0.29, 0.717) is 13.2 Å². The third-order valence-corrected chi connectivity index (χ3v) is 5.27. The summed E-state index contributed by atoms with van der Waals surface area (Å²) in [5.74, 6) is 0.906. The number of β-amino-alcohol motifs (C(OH)–C–C–N with tert-alkyl or cyclic N) is 1. The van der Waals surface area contributed by atoms with Gasteiger partial charge in [-0.15, -0.1) is 0 Å². The lowest BCUT2D eigenvalue weighted by Gasteiger charge is -2.37. The van der Waals surface area contributed by atoms with Crippen LogP contribution in [0.15, 0.2) is 36.4 Å². The summed E-state index contributed by atoms with van der Waals surface area (Å²) in [6.45, 7) is 13.2. The van der Waals surface area contributed by atoms with E-state index >= 15 is 0 Å². The molecule has 0 aliphatic carbocycles. The van der Waals surface area contributed by atoms with Gasteiger partial charge in [0.25, 0.3) is 0 Å². The monoisotopic (exact) mass is 368 g/mol. The molecule has 1 aliphatic rings. The molecule has 0 bridgehead atoms. The third-order valence-electron chi connectivity index (χ3n) is 5.27. The van der Waals surface area contributed by atoms with Gasteiger partial charge in [0.15, 0.2) is 0 Å². The van der Waals surface area contributed by atoms with Crippen LogP contribution in [0.3, 0.4) is 0 Å². The molecule has 1 N–H and O–H groups in total. The van der Waals surface area contributed by atoms with Crippen molar-refractivity contribution >= 4 is 5.69 Å². The highest BCUT2D eigenvalue weighted by atomic mass is 16.5. The van der Waals surface area contributed by atoms with Gasteiger partial charge >= 0.3 is 0 Å². The van der Waals surface area contributed by atoms with E-state index < -0.39 is 6.10 Å². The van der Waals surface area contributed by atoms with E-state index in [1.165, 1.54) is 16.8 Å². The Hall–Kier alpha value is -2.04. The van der Waals surface area contributed by atoms with Gasteiger partial charge in [-0.25, -0.2) is 0 Å². The minimum absolute atomic E-state index is 0.336. The fourth-order valence-corrected chi connectivity index (χ4v) is 3.87. The van der Waals surface area contributed by atoms with Crippen molar-refractivity contribution in [3.63, 3.8) is 0 Å². The van der Waals surface area contributed by atoms with Gasteiger partial charge in [-0.3, -0.25) is 4.90 Å². The lowest BCUT2D eigenvalue weighted by atomic mass is 10.1. The molecule has 0 aromatic heterocycles. The number of hydrogen-bond acceptors (Lipinski definition) is 4. The van der Waals surface area contributed by atoms with E-state index in [1.54, 1.807) is 0 Å². The molecule has 2 aromatic rings. The molecule has 1 saturated heterocycles. The van der Waals surface area contributed by atoms with Gasteiger partial charge < -0.3 is 14.7 Å². The van der Waals surface area contributed by atoms with Crippen LogP contribution in [0.4, 0.5) is 5.69 Å². The zero-order valence-electron chi connectivity index (χ0n) is 17.0. The zero-order chi connectivity index (χ0) is 19.4. The molecule has 1 fully saturated rings. The highest BCUT2D eigenvalue weighted by Gasteiger charge is 2.20. The van der Waals surface area contributed by atoms with Crippen LogP contribution >= 0.6 is 0 Å². The standard InChI is InChI=1S/C23H32N2O2/c1-17-5-7-21(8-6-17)25-11-9-24(10-12-25)15-22(26)16-27-23-19(3)13-18(2)14-20(23)4/h5-8,13-14,22,26H,9-12,15-16H2,1-4H3/t22-/m1/s1. The summed E-state index contributed by atoms with van der Waals surface area (Å²) >= 11 is 0. The predicted molar refractivity (Wildman–Crippen MR) is 112 cm³/mol. The number of aliphatic hydroxyl groups is 1. The largest absolute Gasteiger partial charge is 0.490 e. The van der Waals surface area contributed by atoms with Crippen molar-refractivity contribution in [2.45, 2.75) is 33.8 Å². The smallest absolute Gasteiger partial charge is 0.125 e. The lowest BCUT2D eigenvalue weighted by Crippen LogP contribution is -2.49. The molecule has 1 aliphatic heterocycles. The Balaban J connectivity index is 1.46. The molecule has 4 nitrogen and oxygen atoms in total. The second kappa shape index (κ2) is 8.77. The number of ether oxygens (including phenoxy) is 1. The first kappa shape index (κ1) is 19.7. The van der Waals surface area contributed by atoms with Crippen molar-refractivity contribution < 1.29 is 9.84 Å². The van der Waals surface area contributed by atoms with Crippen LogP contribution in [0.25, 0.3) is 0 Å². The molecule has 27 heavy (non-hydrogen) atoms. The number of aryl methyl sites for hydroxylation is 4. The Morgan fingerprint density at radius 3 is 2.07 bits per heavy atom. The van der Waals surface area contributed by atoms with Crippen LogP contribution in [0, 0.1) is 27.7 Å². The summed E-state index contributed by atoms with van der Waals surface area (Å²) in [6.07, 6.45) is -0.476. The predicted octanol–water partition coefficient (Wildman–Crippen LogP) is 3.48. The van der Waals surface area contributed by atoms with E-state index in [1.807, 2.05) is 0 Å². The summed E-state index contributed by atoms with van der Waals surface area (Å²) in [7, 11) is 0. The molecule has 4 heteroatoms. The lowest BCUT2D eigenvalue weighted by molar-refractivity contribution is 0.0658. The quantitative estimate of drug-likeness (QED) is 0.847. The normalized spacial score (nSPS) is 16.4. The Bertz CT molecular complexity index is 726. The second-order valence-corrected chi connectivity index (χ2v) is 7.82. The van der Waals surface area contributed by atoms with Crippen LogP contribution in [0.5, 0.6) is 5.75 Å². The van der Waals surface area contributed by atoms with Gasteiger partial charge in [0.2, 0.25) is 0 Å².